The van der Waals surface area contributed by atoms with Crippen LogP contribution in [0.15, 0.2) is 11.6 Å². The van der Waals surface area contributed by atoms with Gasteiger partial charge in [0.05, 0.1) is 44.1 Å². The number of aliphatic hydroxyl groups is 15. The van der Waals surface area contributed by atoms with E-state index in [1.807, 2.05) is 0 Å². The second-order valence-corrected chi connectivity index (χ2v) is 28.7. The standard InChI is InChI=1S/C59H96O26/c1-24-34(63)38(67)42(71)49(78-24)83-46-29(21-61)80-48(45(74)41(46)70)77-23-30-37(66)40(69)44(73)51(81-30)85-53(75)59-17-15-54(2,3)19-26(59)25-9-10-32-56(6)13-12-33(55(4,5)31(56)11-14-58(32,8)57(25,7)16-18-59)82-52-47(35(64)27(62)22-76-52)84-50-43(72)39(68)36(65)28(20-60)79-50/h9,24,26-52,60-74H,10-23H2,1-8H3/t24-,26-,27-,28+,29+,30+,31?,32?,33-,34-,35-,36+,37+,38+,39-,40-,41+,42+,43+,44+,45+,46+,47+,48+,49-,50-,51-,52-,56-,57+,58+,59-/m0/s1. The van der Waals surface area contributed by atoms with E-state index in [2.05, 4.69) is 54.5 Å². The van der Waals surface area contributed by atoms with E-state index < -0.39 is 190 Å². The van der Waals surface area contributed by atoms with Crippen LogP contribution in [0.25, 0.3) is 0 Å². The highest BCUT2D eigenvalue weighted by molar-refractivity contribution is 5.79. The molecule has 0 bridgehead atoms. The minimum Gasteiger partial charge on any atom is -0.432 e. The summed E-state index contributed by atoms with van der Waals surface area (Å²) in [5.74, 6) is -0.520. The molecular formula is C59H96O26. The minimum atomic E-state index is -1.89. The van der Waals surface area contributed by atoms with Crippen LogP contribution in [0.5, 0.6) is 0 Å². The Hall–Kier alpha value is -1.75. The first-order valence-corrected chi connectivity index (χ1v) is 30.6. The van der Waals surface area contributed by atoms with Gasteiger partial charge in [0.25, 0.3) is 0 Å². The smallest absolute Gasteiger partial charge is 0.315 e. The number of aliphatic hydroxyl groups excluding tert-OH is 15. The fraction of sp³-hybridized carbons (Fsp3) is 0.949. The Balaban J connectivity index is 0.824. The van der Waals surface area contributed by atoms with Crippen LogP contribution in [0.2, 0.25) is 0 Å². The Morgan fingerprint density at radius 1 is 0.553 bits per heavy atom. The van der Waals surface area contributed by atoms with E-state index in [0.717, 1.165) is 25.7 Å². The fourth-order valence-electron chi connectivity index (χ4n) is 17.6. The number of carbonyl (C=O) groups excluding carboxylic acids is 1. The van der Waals surface area contributed by atoms with E-state index in [-0.39, 0.29) is 46.0 Å². The molecule has 32 atom stereocenters. The van der Waals surface area contributed by atoms with Crippen LogP contribution >= 0.6 is 0 Å². The Morgan fingerprint density at radius 2 is 1.13 bits per heavy atom. The predicted octanol–water partition coefficient (Wildman–Crippen LogP) is -2.54. The molecule has 5 saturated heterocycles. The van der Waals surface area contributed by atoms with E-state index >= 15 is 4.79 Å². The van der Waals surface area contributed by atoms with Crippen molar-refractivity contribution in [3.63, 3.8) is 0 Å². The van der Waals surface area contributed by atoms with Gasteiger partial charge in [-0.2, -0.15) is 0 Å². The maximum absolute atomic E-state index is 15.2. The lowest BCUT2D eigenvalue weighted by Crippen LogP contribution is -2.66. The molecule has 85 heavy (non-hydrogen) atoms. The zero-order valence-electron chi connectivity index (χ0n) is 49.8. The summed E-state index contributed by atoms with van der Waals surface area (Å²) in [4.78, 5) is 15.2. The number of hydrogen-bond donors (Lipinski definition) is 15. The van der Waals surface area contributed by atoms with Crippen LogP contribution in [-0.4, -0.2) is 263 Å². The first-order chi connectivity index (χ1) is 39.8. The summed E-state index contributed by atoms with van der Waals surface area (Å²) < 4.78 is 59.4. The summed E-state index contributed by atoms with van der Waals surface area (Å²) in [7, 11) is 0. The molecule has 5 aliphatic heterocycles. The van der Waals surface area contributed by atoms with E-state index in [1.165, 1.54) is 12.5 Å². The van der Waals surface area contributed by atoms with E-state index in [4.69, 9.17) is 47.4 Å². The Kier molecular flexibility index (Phi) is 19.0. The summed E-state index contributed by atoms with van der Waals surface area (Å²) in [6, 6.07) is 0. The Morgan fingerprint density at radius 3 is 1.80 bits per heavy atom. The SMILES string of the molecule is C[C@@H]1O[C@@H](O[C@H]2[C@H](O)[C@@H](O)[C@H](OC[C@H]3O[C@@H](OC(=O)[C@]45CCC(C)(C)C[C@H]4C4=CCC6[C@@]7(C)CC[C@H](O[C@@H]8OC[C@H](O)[C@H](O)[C@H]8O[C@@H]8O[C@H](CO)[C@@H](O)[C@H](O)[C@H]8O)C(C)(C)C7CC[C@@]6(C)[C@]4(C)CC5)[C@H](O)[C@@H](O)[C@@H]3O)O[C@@H]2CO)[C@H](O)[C@H](O)[C@H]1O. The Bertz CT molecular complexity index is 2360. The fourth-order valence-corrected chi connectivity index (χ4v) is 17.6. The van der Waals surface area contributed by atoms with Gasteiger partial charge in [0.1, 0.15) is 110 Å². The largest absolute Gasteiger partial charge is 0.432 e. The van der Waals surface area contributed by atoms with E-state index in [0.29, 0.717) is 38.5 Å². The van der Waals surface area contributed by atoms with Crippen molar-refractivity contribution in [2.24, 2.45) is 50.2 Å². The third-order valence-corrected chi connectivity index (χ3v) is 23.1. The molecule has 0 amide bonds. The normalized spacial score (nSPS) is 54.1. The molecule has 488 valence electrons. The number of rotatable bonds is 13. The first kappa shape index (κ1) is 66.2. The number of fused-ring (bicyclic) bond motifs is 7. The van der Waals surface area contributed by atoms with Crippen molar-refractivity contribution in [3.8, 4) is 0 Å². The average Bonchev–Trinajstić information content (AvgIpc) is 0.699. The van der Waals surface area contributed by atoms with Crippen molar-refractivity contribution in [1.82, 2.24) is 0 Å². The van der Waals surface area contributed by atoms with Gasteiger partial charge in [0, 0.05) is 0 Å². The third-order valence-electron chi connectivity index (χ3n) is 23.1. The highest BCUT2D eigenvalue weighted by Gasteiger charge is 2.70. The summed E-state index contributed by atoms with van der Waals surface area (Å²) >= 11 is 0. The molecule has 0 aromatic rings. The van der Waals surface area contributed by atoms with Crippen molar-refractivity contribution in [2.75, 3.05) is 26.4 Å². The average molecular weight is 1220 g/mol. The van der Waals surface area contributed by atoms with E-state index in [9.17, 15) is 76.6 Å². The van der Waals surface area contributed by atoms with Gasteiger partial charge in [-0.1, -0.05) is 60.1 Å². The lowest BCUT2D eigenvalue weighted by Gasteiger charge is -2.71. The number of esters is 1. The third kappa shape index (κ3) is 11.2. The molecule has 5 aliphatic carbocycles. The second-order valence-electron chi connectivity index (χ2n) is 28.7. The maximum atomic E-state index is 15.2. The Labute approximate surface area is 494 Å². The van der Waals surface area contributed by atoms with Gasteiger partial charge in [-0.05, 0) is 116 Å². The zero-order chi connectivity index (χ0) is 62.0. The molecule has 5 heterocycles. The molecular weight excluding hydrogens is 1120 g/mol. The summed E-state index contributed by atoms with van der Waals surface area (Å²) in [5, 5.41) is 161. The molecule has 9 fully saturated rings. The van der Waals surface area contributed by atoms with Crippen LogP contribution in [0.4, 0.5) is 0 Å². The summed E-state index contributed by atoms with van der Waals surface area (Å²) in [6.45, 7) is 15.0. The molecule has 0 aromatic heterocycles. The van der Waals surface area contributed by atoms with Gasteiger partial charge >= 0.3 is 5.97 Å². The van der Waals surface area contributed by atoms with Crippen LogP contribution in [0.3, 0.4) is 0 Å². The van der Waals surface area contributed by atoms with Crippen LogP contribution in [0.1, 0.15) is 120 Å². The van der Waals surface area contributed by atoms with Crippen LogP contribution < -0.4 is 0 Å². The second kappa shape index (κ2) is 24.4. The summed E-state index contributed by atoms with van der Waals surface area (Å²) in [6.07, 6.45) is -29.5. The van der Waals surface area contributed by atoms with Crippen molar-refractivity contribution in [2.45, 2.75) is 273 Å². The molecule has 0 aromatic carbocycles. The monoisotopic (exact) mass is 1220 g/mol. The number of carbonyl (C=O) groups is 1. The van der Waals surface area contributed by atoms with Crippen molar-refractivity contribution < 1.29 is 129 Å². The van der Waals surface area contributed by atoms with Gasteiger partial charge in [0.2, 0.25) is 6.29 Å². The molecule has 26 nitrogen and oxygen atoms in total. The van der Waals surface area contributed by atoms with Gasteiger partial charge in [-0.15, -0.1) is 0 Å². The molecule has 2 unspecified atom stereocenters. The number of allylic oxidation sites excluding steroid dienone is 2. The molecule has 0 spiro atoms. The quantitative estimate of drug-likeness (QED) is 0.0513. The van der Waals surface area contributed by atoms with Gasteiger partial charge in [-0.25, -0.2) is 0 Å². The first-order valence-electron chi connectivity index (χ1n) is 30.6. The molecule has 26 heteroatoms. The summed E-state index contributed by atoms with van der Waals surface area (Å²) in [5.41, 5.74) is -1.25. The van der Waals surface area contributed by atoms with Crippen LogP contribution in [-0.2, 0) is 52.2 Å². The molecule has 10 rings (SSSR count). The highest BCUT2D eigenvalue weighted by Crippen LogP contribution is 2.76. The van der Waals surface area contributed by atoms with Crippen molar-refractivity contribution in [1.29, 1.82) is 0 Å². The predicted molar refractivity (Wildman–Crippen MR) is 288 cm³/mol. The van der Waals surface area contributed by atoms with Gasteiger partial charge in [-0.3, -0.25) is 4.79 Å². The number of hydrogen-bond acceptors (Lipinski definition) is 26. The van der Waals surface area contributed by atoms with Gasteiger partial charge in [0.15, 0.2) is 25.2 Å². The molecule has 4 saturated carbocycles. The highest BCUT2D eigenvalue weighted by atomic mass is 16.8. The van der Waals surface area contributed by atoms with Gasteiger partial charge < -0.3 is 124 Å². The van der Waals surface area contributed by atoms with Crippen molar-refractivity contribution >= 4 is 5.97 Å². The maximum Gasteiger partial charge on any atom is 0.315 e. The lowest BCUT2D eigenvalue weighted by molar-refractivity contribution is -0.367. The molecule has 10 aliphatic rings. The zero-order valence-corrected chi connectivity index (χ0v) is 49.8. The lowest BCUT2D eigenvalue weighted by atomic mass is 9.33. The molecule has 0 radical (unpaired) electrons. The minimum absolute atomic E-state index is 0.141. The van der Waals surface area contributed by atoms with Crippen molar-refractivity contribution in [3.05, 3.63) is 11.6 Å². The van der Waals surface area contributed by atoms with E-state index in [1.54, 1.807) is 0 Å². The topological polar surface area (TPSA) is 413 Å². The number of ether oxygens (including phenoxy) is 10. The molecule has 15 N–H and O–H groups in total. The van der Waals surface area contributed by atoms with Crippen LogP contribution in [0, 0.1) is 50.2 Å².